The maximum atomic E-state index is 13.2. The van der Waals surface area contributed by atoms with Gasteiger partial charge in [-0.05, 0) is 59.5 Å². The summed E-state index contributed by atoms with van der Waals surface area (Å²) in [5.74, 6) is -1.29. The average molecular weight is 417 g/mol. The molecule has 0 saturated heterocycles. The number of fused-ring (bicyclic) bond motifs is 1. The second-order valence-corrected chi connectivity index (χ2v) is 7.66. The fraction of sp³-hybridized carbons (Fsp3) is 0.231. The summed E-state index contributed by atoms with van der Waals surface area (Å²) < 4.78 is 0. The molecule has 0 unspecified atom stereocenters. The molecule has 5 heteroatoms. The first-order valence-electron chi connectivity index (χ1n) is 10.5. The van der Waals surface area contributed by atoms with Crippen LogP contribution in [0.25, 0.3) is 16.3 Å². The molecule has 160 valence electrons. The van der Waals surface area contributed by atoms with Crippen molar-refractivity contribution in [1.29, 1.82) is 0 Å². The van der Waals surface area contributed by atoms with Crippen molar-refractivity contribution in [2.24, 2.45) is 0 Å². The van der Waals surface area contributed by atoms with Crippen LogP contribution < -0.4 is 10.6 Å². The van der Waals surface area contributed by atoms with Crippen LogP contribution in [0.1, 0.15) is 49.0 Å². The number of allylic oxidation sites excluding steroid dienone is 1. The molecule has 3 aromatic carbocycles. The van der Waals surface area contributed by atoms with Gasteiger partial charge in [-0.15, -0.1) is 0 Å². The second kappa shape index (κ2) is 9.94. The number of unbranched alkanes of at least 4 members (excludes halogenated alkanes) is 2. The van der Waals surface area contributed by atoms with E-state index in [1.54, 1.807) is 23.1 Å². The maximum absolute atomic E-state index is 13.2. The minimum absolute atomic E-state index is 0.000947. The normalized spacial score (nSPS) is 11.5. The lowest BCUT2D eigenvalue weighted by atomic mass is 10.0. The van der Waals surface area contributed by atoms with Crippen molar-refractivity contribution in [1.82, 2.24) is 0 Å². The van der Waals surface area contributed by atoms with E-state index in [0.717, 1.165) is 41.2 Å². The van der Waals surface area contributed by atoms with Crippen molar-refractivity contribution < 1.29 is 14.7 Å². The van der Waals surface area contributed by atoms with Gasteiger partial charge in [-0.1, -0.05) is 56.2 Å². The molecular formula is C26H28N2O3. The van der Waals surface area contributed by atoms with Gasteiger partial charge < -0.3 is 15.7 Å². The number of carbonyl (C=O) groups is 2. The van der Waals surface area contributed by atoms with E-state index in [2.05, 4.69) is 19.1 Å². The van der Waals surface area contributed by atoms with E-state index in [0.29, 0.717) is 12.2 Å². The molecular weight excluding hydrogens is 388 g/mol. The zero-order chi connectivity index (χ0) is 22.4. The summed E-state index contributed by atoms with van der Waals surface area (Å²) in [6, 6.07) is 18.9. The first kappa shape index (κ1) is 22.1. The number of rotatable bonds is 8. The lowest BCUT2D eigenvalue weighted by Crippen LogP contribution is -2.31. The van der Waals surface area contributed by atoms with Crippen LogP contribution in [0.2, 0.25) is 0 Å². The summed E-state index contributed by atoms with van der Waals surface area (Å²) >= 11 is 0. The number of nitrogens with two attached hydrogens (primary N) is 1. The van der Waals surface area contributed by atoms with Gasteiger partial charge in [-0.2, -0.15) is 0 Å². The standard InChI is InChI=1S/C26H28N2O3/c1-3-4-7-14-28(22-12-13-24(27)23(17-22)26(30)31)25(29)15-18(2)20-11-10-19-8-5-6-9-21(19)16-20/h5-6,8-13,15-17H,3-4,7,14,27H2,1-2H3,(H,30,31). The summed E-state index contributed by atoms with van der Waals surface area (Å²) in [5.41, 5.74) is 8.34. The lowest BCUT2D eigenvalue weighted by Gasteiger charge is -2.23. The number of carboxylic acids is 1. The smallest absolute Gasteiger partial charge is 0.337 e. The van der Waals surface area contributed by atoms with Crippen LogP contribution in [-0.4, -0.2) is 23.5 Å². The Hall–Kier alpha value is -3.60. The number of hydrogen-bond donors (Lipinski definition) is 2. The summed E-state index contributed by atoms with van der Waals surface area (Å²) in [4.78, 5) is 26.4. The Morgan fingerprint density at radius 2 is 1.74 bits per heavy atom. The van der Waals surface area contributed by atoms with Gasteiger partial charge in [0.1, 0.15) is 0 Å². The van der Waals surface area contributed by atoms with Crippen LogP contribution in [0.15, 0.2) is 66.7 Å². The number of anilines is 2. The molecule has 0 bridgehead atoms. The summed E-state index contributed by atoms with van der Waals surface area (Å²) in [5, 5.41) is 11.7. The number of carbonyl (C=O) groups excluding carboxylic acids is 1. The van der Waals surface area contributed by atoms with Crippen molar-refractivity contribution in [2.75, 3.05) is 17.2 Å². The predicted octanol–water partition coefficient (Wildman–Crippen LogP) is 5.75. The van der Waals surface area contributed by atoms with E-state index in [9.17, 15) is 14.7 Å². The van der Waals surface area contributed by atoms with Crippen LogP contribution in [0.5, 0.6) is 0 Å². The largest absolute Gasteiger partial charge is 0.478 e. The molecule has 0 aliphatic heterocycles. The van der Waals surface area contributed by atoms with Crippen LogP contribution >= 0.6 is 0 Å². The Kier molecular flexibility index (Phi) is 7.08. The number of amides is 1. The number of benzene rings is 3. The fourth-order valence-electron chi connectivity index (χ4n) is 3.56. The molecule has 0 aliphatic rings. The molecule has 0 heterocycles. The van der Waals surface area contributed by atoms with Gasteiger partial charge in [0.15, 0.2) is 0 Å². The molecule has 0 fully saturated rings. The SMILES string of the molecule is CCCCCN(C(=O)C=C(C)c1ccc2ccccc2c1)c1ccc(N)c(C(=O)O)c1. The highest BCUT2D eigenvalue weighted by atomic mass is 16.4. The monoisotopic (exact) mass is 416 g/mol. The quantitative estimate of drug-likeness (QED) is 0.278. The molecule has 0 aliphatic carbocycles. The van der Waals surface area contributed by atoms with Crippen molar-refractivity contribution >= 4 is 39.6 Å². The van der Waals surface area contributed by atoms with Crippen molar-refractivity contribution in [2.45, 2.75) is 33.1 Å². The third-order valence-electron chi connectivity index (χ3n) is 5.38. The van der Waals surface area contributed by atoms with E-state index < -0.39 is 5.97 Å². The van der Waals surface area contributed by atoms with E-state index in [4.69, 9.17) is 5.73 Å². The van der Waals surface area contributed by atoms with Crippen LogP contribution in [0.4, 0.5) is 11.4 Å². The van der Waals surface area contributed by atoms with Gasteiger partial charge in [-0.3, -0.25) is 4.79 Å². The van der Waals surface area contributed by atoms with Gasteiger partial charge in [0.2, 0.25) is 0 Å². The van der Waals surface area contributed by atoms with E-state index >= 15 is 0 Å². The van der Waals surface area contributed by atoms with Gasteiger partial charge in [0, 0.05) is 24.0 Å². The first-order valence-corrected chi connectivity index (χ1v) is 10.5. The molecule has 0 aromatic heterocycles. The molecule has 1 amide bonds. The highest BCUT2D eigenvalue weighted by Crippen LogP contribution is 2.25. The highest BCUT2D eigenvalue weighted by molar-refractivity contribution is 6.07. The topological polar surface area (TPSA) is 83.6 Å². The van der Waals surface area contributed by atoms with Gasteiger partial charge >= 0.3 is 5.97 Å². The summed E-state index contributed by atoms with van der Waals surface area (Å²) in [6.07, 6.45) is 4.46. The summed E-state index contributed by atoms with van der Waals surface area (Å²) in [7, 11) is 0. The Morgan fingerprint density at radius 1 is 1.00 bits per heavy atom. The molecule has 0 saturated carbocycles. The van der Waals surface area contributed by atoms with Crippen LogP contribution in [0.3, 0.4) is 0 Å². The van der Waals surface area contributed by atoms with Crippen LogP contribution in [0, 0.1) is 0 Å². The molecule has 0 spiro atoms. The van der Waals surface area contributed by atoms with E-state index in [-0.39, 0.29) is 17.2 Å². The van der Waals surface area contributed by atoms with Crippen molar-refractivity contribution in [3.05, 3.63) is 77.9 Å². The molecule has 3 aromatic rings. The van der Waals surface area contributed by atoms with Crippen LogP contribution in [-0.2, 0) is 4.79 Å². The zero-order valence-corrected chi connectivity index (χ0v) is 18.0. The minimum Gasteiger partial charge on any atom is -0.478 e. The number of hydrogen-bond acceptors (Lipinski definition) is 3. The number of nitrogens with zero attached hydrogens (tertiary/aromatic N) is 1. The summed E-state index contributed by atoms with van der Waals surface area (Å²) in [6.45, 7) is 4.52. The third kappa shape index (κ3) is 5.31. The zero-order valence-electron chi connectivity index (χ0n) is 18.0. The Balaban J connectivity index is 1.93. The van der Waals surface area contributed by atoms with Gasteiger partial charge in [0.25, 0.3) is 5.91 Å². The molecule has 31 heavy (non-hydrogen) atoms. The second-order valence-electron chi connectivity index (χ2n) is 7.66. The Morgan fingerprint density at radius 3 is 2.45 bits per heavy atom. The third-order valence-corrected chi connectivity index (χ3v) is 5.38. The molecule has 5 nitrogen and oxygen atoms in total. The molecule has 3 rings (SSSR count). The first-order chi connectivity index (χ1) is 14.9. The molecule has 0 radical (unpaired) electrons. The van der Waals surface area contributed by atoms with Gasteiger partial charge in [0.05, 0.1) is 5.56 Å². The predicted molar refractivity (Wildman–Crippen MR) is 127 cm³/mol. The Bertz CT molecular complexity index is 1130. The van der Waals surface area contributed by atoms with E-state index in [1.807, 2.05) is 37.3 Å². The molecule has 3 N–H and O–H groups in total. The minimum atomic E-state index is -1.11. The van der Waals surface area contributed by atoms with Gasteiger partial charge in [-0.25, -0.2) is 4.79 Å². The van der Waals surface area contributed by atoms with Crippen molar-refractivity contribution in [3.63, 3.8) is 0 Å². The molecule has 0 atom stereocenters. The number of carboxylic acid groups (broad SMARTS) is 1. The average Bonchev–Trinajstić information content (AvgIpc) is 2.76. The fourth-order valence-corrected chi connectivity index (χ4v) is 3.56. The highest BCUT2D eigenvalue weighted by Gasteiger charge is 2.17. The number of aromatic carboxylic acids is 1. The maximum Gasteiger partial charge on any atom is 0.337 e. The number of nitrogen functional groups attached to an aromatic ring is 1. The Labute approximate surface area is 182 Å². The van der Waals surface area contributed by atoms with Crippen molar-refractivity contribution in [3.8, 4) is 0 Å². The van der Waals surface area contributed by atoms with E-state index in [1.165, 1.54) is 6.07 Å². The lowest BCUT2D eigenvalue weighted by molar-refractivity contribution is -0.114.